The topological polar surface area (TPSA) is 47.8 Å². The third-order valence-corrected chi connectivity index (χ3v) is 4.00. The molecule has 0 fully saturated rings. The number of aryl methyl sites for hydroxylation is 1. The van der Waals surface area contributed by atoms with Crippen molar-refractivity contribution in [1.29, 1.82) is 0 Å². The number of nitrogens with zero attached hydrogens (tertiary/aromatic N) is 3. The van der Waals surface area contributed by atoms with Crippen molar-refractivity contribution in [3.05, 3.63) is 41.7 Å². The fourth-order valence-corrected chi connectivity index (χ4v) is 2.81. The van der Waals surface area contributed by atoms with Gasteiger partial charge in [-0.3, -0.25) is 0 Å². The minimum Gasteiger partial charge on any atom is -0.245 e. The van der Waals surface area contributed by atoms with E-state index in [4.69, 9.17) is 0 Å². The van der Waals surface area contributed by atoms with E-state index in [1.807, 2.05) is 30.3 Å². The zero-order valence-corrected chi connectivity index (χ0v) is 10.7. The molecule has 100 valence electrons. The van der Waals surface area contributed by atoms with Crippen LogP contribution in [0.3, 0.4) is 0 Å². The van der Waals surface area contributed by atoms with Crippen molar-refractivity contribution < 1.29 is 13.0 Å². The summed E-state index contributed by atoms with van der Waals surface area (Å²) in [5, 5.41) is 3.72. The summed E-state index contributed by atoms with van der Waals surface area (Å²) in [6, 6.07) is 9.67. The predicted molar refractivity (Wildman–Crippen MR) is 65.3 cm³/mol. The van der Waals surface area contributed by atoms with Crippen LogP contribution in [0.4, 0.5) is 8.78 Å². The first-order chi connectivity index (χ1) is 9.16. The van der Waals surface area contributed by atoms with Crippen molar-refractivity contribution >= 4 is 10.8 Å². The number of benzene rings is 1. The van der Waals surface area contributed by atoms with Crippen LogP contribution < -0.4 is 0 Å². The molecule has 2 unspecified atom stereocenters. The second-order valence-corrected chi connectivity index (χ2v) is 5.59. The molecule has 0 amide bonds. The molecule has 1 aliphatic rings. The van der Waals surface area contributed by atoms with E-state index >= 15 is 0 Å². The van der Waals surface area contributed by atoms with E-state index in [1.54, 1.807) is 4.68 Å². The lowest BCUT2D eigenvalue weighted by Gasteiger charge is -2.11. The van der Waals surface area contributed by atoms with Crippen LogP contribution in [0.15, 0.2) is 35.5 Å². The normalized spacial score (nSPS) is 19.6. The third kappa shape index (κ3) is 2.18. The van der Waals surface area contributed by atoms with Gasteiger partial charge in [-0.1, -0.05) is 30.3 Å². The molecule has 2 atom stereocenters. The zero-order chi connectivity index (χ0) is 13.4. The Labute approximate surface area is 110 Å². The Morgan fingerprint density at radius 2 is 2.05 bits per heavy atom. The number of hydrogen-bond acceptors (Lipinski definition) is 3. The highest BCUT2D eigenvalue weighted by molar-refractivity contribution is 7.85. The summed E-state index contributed by atoms with van der Waals surface area (Å²) >= 11 is 0. The van der Waals surface area contributed by atoms with Crippen LogP contribution in [-0.2, 0) is 17.2 Å². The Bertz CT molecular complexity index is 615. The van der Waals surface area contributed by atoms with Crippen molar-refractivity contribution in [2.45, 2.75) is 29.8 Å². The van der Waals surface area contributed by atoms with E-state index in [0.29, 0.717) is 12.2 Å². The number of alkyl halides is 2. The third-order valence-electron chi connectivity index (χ3n) is 3.15. The van der Waals surface area contributed by atoms with Gasteiger partial charge in [0.05, 0.1) is 6.04 Å². The fraction of sp³-hybridized carbons (Fsp3) is 0.333. The summed E-state index contributed by atoms with van der Waals surface area (Å²) in [6.45, 7) is 0. The summed E-state index contributed by atoms with van der Waals surface area (Å²) in [7, 11) is -2.44. The quantitative estimate of drug-likeness (QED) is 0.867. The molecule has 2 aromatic rings. The molecule has 2 heterocycles. The number of hydrogen-bond donors (Lipinski definition) is 0. The van der Waals surface area contributed by atoms with Crippen LogP contribution in [0.2, 0.25) is 0 Å². The molecule has 19 heavy (non-hydrogen) atoms. The first kappa shape index (κ1) is 12.4. The highest BCUT2D eigenvalue weighted by Crippen LogP contribution is 2.30. The van der Waals surface area contributed by atoms with Gasteiger partial charge < -0.3 is 0 Å². The van der Waals surface area contributed by atoms with Gasteiger partial charge in [0.1, 0.15) is 5.82 Å². The molecule has 7 heteroatoms. The van der Waals surface area contributed by atoms with Crippen molar-refractivity contribution in [3.8, 4) is 0 Å². The predicted octanol–water partition coefficient (Wildman–Crippen LogP) is 2.14. The van der Waals surface area contributed by atoms with Gasteiger partial charge in [-0.25, -0.2) is 13.9 Å². The van der Waals surface area contributed by atoms with Gasteiger partial charge in [-0.05, 0) is 12.0 Å². The van der Waals surface area contributed by atoms with Crippen LogP contribution in [0.5, 0.6) is 0 Å². The second kappa shape index (κ2) is 4.80. The summed E-state index contributed by atoms with van der Waals surface area (Å²) in [5.74, 6) is -2.32. The molecule has 0 aliphatic carbocycles. The number of aromatic nitrogens is 3. The second-order valence-electron chi connectivity index (χ2n) is 4.28. The van der Waals surface area contributed by atoms with E-state index in [1.165, 1.54) is 0 Å². The van der Waals surface area contributed by atoms with Gasteiger partial charge in [0.15, 0.2) is 10.8 Å². The number of rotatable bonds is 3. The maximum Gasteiger partial charge on any atom is 0.319 e. The van der Waals surface area contributed by atoms with Crippen molar-refractivity contribution in [2.24, 2.45) is 0 Å². The highest BCUT2D eigenvalue weighted by atomic mass is 32.2. The van der Waals surface area contributed by atoms with Crippen LogP contribution in [0, 0.1) is 0 Å². The van der Waals surface area contributed by atoms with Gasteiger partial charge in [0.2, 0.25) is 5.16 Å². The van der Waals surface area contributed by atoms with Crippen LogP contribution in [0.25, 0.3) is 0 Å². The fourth-order valence-electron chi connectivity index (χ4n) is 2.29. The summed E-state index contributed by atoms with van der Waals surface area (Å²) in [4.78, 5) is 3.96. The largest absolute Gasteiger partial charge is 0.319 e. The first-order valence-electron chi connectivity index (χ1n) is 5.86. The Kier molecular flexibility index (Phi) is 3.14. The van der Waals surface area contributed by atoms with Gasteiger partial charge in [0.25, 0.3) is 0 Å². The molecule has 3 rings (SSSR count). The molecule has 0 saturated carbocycles. The average Bonchev–Trinajstić information content (AvgIpc) is 2.98. The van der Waals surface area contributed by atoms with Gasteiger partial charge in [0, 0.05) is 6.42 Å². The van der Waals surface area contributed by atoms with Gasteiger partial charge in [-0.2, -0.15) is 8.78 Å². The highest BCUT2D eigenvalue weighted by Gasteiger charge is 2.30. The maximum absolute atomic E-state index is 12.4. The van der Waals surface area contributed by atoms with Crippen molar-refractivity contribution in [3.63, 3.8) is 0 Å². The summed E-state index contributed by atoms with van der Waals surface area (Å²) < 4.78 is 37.7. The minimum absolute atomic E-state index is 0.00729. The molecule has 1 aromatic carbocycles. The van der Waals surface area contributed by atoms with Crippen LogP contribution in [0.1, 0.15) is 23.9 Å². The Morgan fingerprint density at radius 3 is 2.74 bits per heavy atom. The lowest BCUT2D eigenvalue weighted by molar-refractivity contribution is 0.243. The molecule has 0 saturated heterocycles. The Balaban J connectivity index is 1.95. The Morgan fingerprint density at radius 1 is 1.32 bits per heavy atom. The number of halogens is 2. The van der Waals surface area contributed by atoms with Gasteiger partial charge >= 0.3 is 5.76 Å². The molecule has 0 spiro atoms. The summed E-state index contributed by atoms with van der Waals surface area (Å²) in [6.07, 6.45) is 1.49. The van der Waals surface area contributed by atoms with Crippen molar-refractivity contribution in [1.82, 2.24) is 14.8 Å². The molecule has 4 nitrogen and oxygen atoms in total. The average molecular weight is 283 g/mol. The lowest BCUT2D eigenvalue weighted by Crippen LogP contribution is -2.10. The van der Waals surface area contributed by atoms with E-state index in [9.17, 15) is 13.0 Å². The van der Waals surface area contributed by atoms with Crippen LogP contribution in [-0.4, -0.2) is 24.7 Å². The molecule has 1 aliphatic heterocycles. The Hall–Kier alpha value is -1.63. The van der Waals surface area contributed by atoms with E-state index in [-0.39, 0.29) is 11.2 Å². The minimum atomic E-state index is -2.95. The molecule has 1 aromatic heterocycles. The van der Waals surface area contributed by atoms with Gasteiger partial charge in [-0.15, -0.1) is 5.10 Å². The molecular formula is C12H11F2N3OS. The van der Waals surface area contributed by atoms with Crippen LogP contribution >= 0.6 is 0 Å². The smallest absolute Gasteiger partial charge is 0.245 e. The first-order valence-corrected chi connectivity index (χ1v) is 7.07. The van der Waals surface area contributed by atoms with Crippen molar-refractivity contribution in [2.75, 3.05) is 0 Å². The van der Waals surface area contributed by atoms with E-state index < -0.39 is 16.6 Å². The standard InChI is InChI=1S/C12H11F2N3OS/c13-11(14)19(18)12-15-10-7-6-9(17(10)16-12)8-4-2-1-3-5-8/h1-5,9,11H,6-7H2. The maximum atomic E-state index is 12.4. The summed E-state index contributed by atoms with van der Waals surface area (Å²) in [5.41, 5.74) is 1.06. The molecule has 0 radical (unpaired) electrons. The molecule has 0 bridgehead atoms. The lowest BCUT2D eigenvalue weighted by atomic mass is 10.1. The monoisotopic (exact) mass is 283 g/mol. The SMILES string of the molecule is O=S(c1nc2n(n1)C(c1ccccc1)CC2)C(F)F. The molecular weight excluding hydrogens is 272 g/mol. The zero-order valence-electron chi connectivity index (χ0n) is 9.87. The number of fused-ring (bicyclic) bond motifs is 1. The van der Waals surface area contributed by atoms with E-state index in [0.717, 1.165) is 12.0 Å². The molecule has 0 N–H and O–H groups in total. The van der Waals surface area contributed by atoms with E-state index in [2.05, 4.69) is 10.1 Å².